The molecule has 3 nitrogen and oxygen atoms in total. The Morgan fingerprint density at radius 3 is 2.00 bits per heavy atom. The van der Waals surface area contributed by atoms with Gasteiger partial charge in [-0.2, -0.15) is 0 Å². The Bertz CT molecular complexity index is 382. The van der Waals surface area contributed by atoms with Crippen LogP contribution in [0.25, 0.3) is 0 Å². The molecule has 0 atom stereocenters. The average molecular weight is 208 g/mol. The maximum Gasteiger partial charge on any atom is 0.335 e. The predicted molar refractivity (Wildman–Crippen MR) is 57.2 cm³/mol. The highest BCUT2D eigenvalue weighted by Crippen LogP contribution is 2.20. The summed E-state index contributed by atoms with van der Waals surface area (Å²) in [5, 5.41) is 8.69. The van der Waals surface area contributed by atoms with Gasteiger partial charge in [-0.3, -0.25) is 4.79 Å². The molecule has 0 saturated heterocycles. The minimum atomic E-state index is -0.982. The number of hydrogen-bond acceptors (Lipinski definition) is 2. The first-order chi connectivity index (χ1) is 6.82. The van der Waals surface area contributed by atoms with Gasteiger partial charge in [0, 0.05) is 11.0 Å². The van der Waals surface area contributed by atoms with Crippen LogP contribution in [-0.4, -0.2) is 16.9 Å². The monoisotopic (exact) mass is 208 g/mol. The second-order valence-electron chi connectivity index (χ2n) is 4.46. The van der Waals surface area contributed by atoms with E-state index in [9.17, 15) is 9.59 Å². The molecule has 0 fully saturated rings. The molecular weight excluding hydrogens is 194 g/mol. The molecule has 80 valence electrons. The Balaban J connectivity index is 3.00. The van der Waals surface area contributed by atoms with E-state index in [0.717, 1.165) is 0 Å². The van der Waals surface area contributed by atoms with Gasteiger partial charge in [0.05, 0.1) is 5.56 Å². The highest BCUT2D eigenvalue weighted by molar-refractivity contribution is 6.00. The van der Waals surface area contributed by atoms with Gasteiger partial charge in [0.2, 0.25) is 0 Å². The zero-order chi connectivity index (χ0) is 11.6. The molecule has 1 rings (SSSR count). The third-order valence-electron chi connectivity index (χ3n) is 2.08. The van der Waals surface area contributed by atoms with Crippen LogP contribution in [0.4, 0.5) is 0 Å². The molecule has 0 aliphatic rings. The maximum absolute atomic E-state index is 11.8. The van der Waals surface area contributed by atoms with Gasteiger partial charge in [-0.1, -0.05) is 32.9 Å². The molecule has 3 heteroatoms. The van der Waals surface area contributed by atoms with Crippen molar-refractivity contribution in [2.75, 3.05) is 0 Å². The third kappa shape index (κ3) is 2.65. The molecule has 0 spiro atoms. The lowest BCUT2D eigenvalue weighted by Gasteiger charge is -2.16. The van der Waals surface area contributed by atoms with Crippen LogP contribution >= 0.6 is 0 Å². The molecule has 1 N–H and O–H groups in total. The van der Waals surface area contributed by atoms with Gasteiger partial charge in [-0.15, -0.1) is 0 Å². The Morgan fingerprint density at radius 2 is 1.67 bits per heavy atom. The van der Waals surface area contributed by atoms with Gasteiger partial charge in [0.1, 0.15) is 0 Å². The Kier molecular flexibility index (Phi) is 2.93. The zero-order valence-corrected chi connectivity index (χ0v) is 9.07. The summed E-state index contributed by atoms with van der Waals surface area (Å²) in [5.74, 6) is -0.968. The quantitative estimate of drug-likeness (QED) is 0.760. The van der Waals surface area contributed by atoms with Crippen LogP contribution in [0.15, 0.2) is 24.3 Å². The summed E-state index contributed by atoms with van der Waals surface area (Å²) in [5.41, 5.74) is 0.304. The van der Waals surface area contributed by atoms with E-state index in [4.69, 9.17) is 5.11 Å². The third-order valence-corrected chi connectivity index (χ3v) is 2.08. The molecule has 0 saturated carbocycles. The molecule has 0 unspecified atom stereocenters. The molecule has 0 aliphatic heterocycles. The molecule has 0 amide bonds. The van der Waals surface area contributed by atoms with Crippen molar-refractivity contribution in [3.63, 3.8) is 0 Å². The first-order valence-corrected chi connectivity index (χ1v) is 4.70. The van der Waals surface area contributed by atoms with Crippen LogP contribution in [0.1, 0.15) is 41.5 Å². The van der Waals surface area contributed by atoms with E-state index in [1.807, 2.05) is 20.8 Å². The Hall–Kier alpha value is -1.64. The minimum absolute atomic E-state index is 0.0134. The number of carboxylic acids is 1. The van der Waals surface area contributed by atoms with Gasteiger partial charge < -0.3 is 5.11 Å². The lowest BCUT2D eigenvalue weighted by atomic mass is 10.1. The van der Waals surface area contributed by atoms with E-state index >= 15 is 0 Å². The molecule has 0 heterocycles. The van der Waals surface area contributed by atoms with Gasteiger partial charge in [0.15, 0.2) is 5.78 Å². The van der Waals surface area contributed by atoms with Crippen LogP contribution in [-0.2, 0) is 0 Å². The van der Waals surface area contributed by atoms with Crippen molar-refractivity contribution in [2.45, 2.75) is 20.8 Å². The second-order valence-corrected chi connectivity index (χ2v) is 4.46. The van der Waals surface area contributed by atoms with Crippen LogP contribution in [0.3, 0.4) is 0 Å². The highest BCUT2D eigenvalue weighted by atomic mass is 16.4. The lowest BCUT2D eigenvalue weighted by Crippen LogP contribution is -2.20. The van der Waals surface area contributed by atoms with Crippen LogP contribution in [0.5, 0.6) is 0 Å². The Morgan fingerprint density at radius 1 is 1.20 bits per heavy atom. The van der Waals surface area contributed by atoms with E-state index in [2.05, 4.69) is 0 Å². The van der Waals surface area contributed by atoms with Crippen molar-refractivity contribution in [1.82, 2.24) is 0 Å². The Labute approximate surface area is 88.7 Å². The number of carbonyl (C=O) groups excluding carboxylic acids is 1. The number of hydrogen-bond donors (Lipinski definition) is 1. The normalized spacial score (nSPS) is 11.1. The van der Waals surface area contributed by atoms with Gasteiger partial charge in [0.25, 0.3) is 0 Å². The number of Topliss-reactive ketones (excluding diaryl/α,β-unsaturated/α-hetero) is 1. The zero-order valence-electron chi connectivity index (χ0n) is 9.07. The number of rotatable bonds is 2. The fourth-order valence-corrected chi connectivity index (χ4v) is 1.20. The van der Waals surface area contributed by atoms with E-state index in [1.165, 1.54) is 12.1 Å². The van der Waals surface area contributed by atoms with Crippen LogP contribution in [0.2, 0.25) is 0 Å². The SMILES string of the molecule is CC(C)(C)[14C](=O)c1ccc(C(=O)O)cc1. The fraction of sp³-hybridized carbons (Fsp3) is 0.333. The summed E-state index contributed by atoms with van der Waals surface area (Å²) in [6, 6.07) is 6.00. The summed E-state index contributed by atoms with van der Waals surface area (Å²) >= 11 is 0. The number of carbonyl (C=O) groups is 2. The molecule has 15 heavy (non-hydrogen) atoms. The van der Waals surface area contributed by atoms with Crippen molar-refractivity contribution in [1.29, 1.82) is 0 Å². The van der Waals surface area contributed by atoms with E-state index in [-0.39, 0.29) is 11.3 Å². The summed E-state index contributed by atoms with van der Waals surface area (Å²) in [4.78, 5) is 22.4. The van der Waals surface area contributed by atoms with Crippen LogP contribution < -0.4 is 0 Å². The number of aromatic carboxylic acids is 1. The van der Waals surface area contributed by atoms with Crippen molar-refractivity contribution in [3.05, 3.63) is 35.4 Å². The molecule has 0 bridgehead atoms. The fourth-order valence-electron chi connectivity index (χ4n) is 1.20. The van der Waals surface area contributed by atoms with Crippen molar-refractivity contribution in [2.24, 2.45) is 5.41 Å². The van der Waals surface area contributed by atoms with Crippen molar-refractivity contribution < 1.29 is 14.7 Å². The minimum Gasteiger partial charge on any atom is -0.478 e. The topological polar surface area (TPSA) is 54.4 Å². The van der Waals surface area contributed by atoms with Gasteiger partial charge in [-0.05, 0) is 12.1 Å². The molecule has 0 aromatic heterocycles. The largest absolute Gasteiger partial charge is 0.478 e. The van der Waals surface area contributed by atoms with Gasteiger partial charge in [-0.25, -0.2) is 4.79 Å². The van der Waals surface area contributed by atoms with E-state index in [1.54, 1.807) is 12.1 Å². The van der Waals surface area contributed by atoms with Crippen LogP contribution in [0, 0.1) is 5.41 Å². The van der Waals surface area contributed by atoms with E-state index < -0.39 is 11.4 Å². The molecular formula is C12H14O3. The predicted octanol–water partition coefficient (Wildman–Crippen LogP) is 2.61. The van der Waals surface area contributed by atoms with Gasteiger partial charge >= 0.3 is 5.97 Å². The van der Waals surface area contributed by atoms with Crippen molar-refractivity contribution in [3.8, 4) is 0 Å². The summed E-state index contributed by atoms with van der Waals surface area (Å²) in [6.45, 7) is 5.50. The first-order valence-electron chi connectivity index (χ1n) is 4.70. The first kappa shape index (κ1) is 11.4. The highest BCUT2D eigenvalue weighted by Gasteiger charge is 2.22. The smallest absolute Gasteiger partial charge is 0.335 e. The second kappa shape index (κ2) is 3.85. The summed E-state index contributed by atoms with van der Waals surface area (Å²) < 4.78 is 0. The molecule has 1 aromatic carbocycles. The standard InChI is InChI=1S/C12H14O3/c1-12(2,3)10(13)8-4-6-9(7-5-8)11(14)15/h4-7H,1-3H3,(H,14,15)/i10+2. The lowest BCUT2D eigenvalue weighted by molar-refractivity contribution is 0.0696. The number of benzene rings is 1. The van der Waals surface area contributed by atoms with Crippen molar-refractivity contribution >= 4 is 11.8 Å². The molecule has 0 radical (unpaired) electrons. The summed E-state index contributed by atoms with van der Waals surface area (Å²) in [6.07, 6.45) is 0. The molecule has 1 aromatic rings. The average Bonchev–Trinajstić information content (AvgIpc) is 2.15. The number of ketones is 1. The summed E-state index contributed by atoms with van der Waals surface area (Å²) in [7, 11) is 0. The molecule has 0 aliphatic carbocycles. The van der Waals surface area contributed by atoms with E-state index in [0.29, 0.717) is 5.56 Å². The number of carboxylic acid groups (broad SMARTS) is 1. The maximum atomic E-state index is 11.8.